The van der Waals surface area contributed by atoms with Gasteiger partial charge in [0.1, 0.15) is 11.6 Å². The summed E-state index contributed by atoms with van der Waals surface area (Å²) in [6, 6.07) is 2.42. The van der Waals surface area contributed by atoms with Gasteiger partial charge in [-0.3, -0.25) is 0 Å². The molecule has 0 saturated carbocycles. The van der Waals surface area contributed by atoms with Gasteiger partial charge in [-0.2, -0.15) is 0 Å². The highest BCUT2D eigenvalue weighted by Crippen LogP contribution is 2.29. The van der Waals surface area contributed by atoms with E-state index in [1.165, 1.54) is 6.07 Å². The lowest BCUT2D eigenvalue weighted by atomic mass is 10.3. The molecule has 1 N–H and O–H groups in total. The number of aliphatic carboxylic acids is 1. The van der Waals surface area contributed by atoms with Crippen molar-refractivity contribution in [3.8, 4) is 5.75 Å². The van der Waals surface area contributed by atoms with Crippen LogP contribution in [0.5, 0.6) is 5.75 Å². The fourth-order valence-electron chi connectivity index (χ4n) is 0.761. The standard InChI is InChI=1S/C8H5BrClFO3/c9-5-1-4(14-3-7(12)13)2-6(11)8(5)10/h1-2H,3H2,(H,12,13). The molecular formula is C8H5BrClFO3. The average molecular weight is 283 g/mol. The molecule has 14 heavy (non-hydrogen) atoms. The SMILES string of the molecule is O=C(O)COc1cc(F)c(Cl)c(Br)c1. The topological polar surface area (TPSA) is 46.5 Å². The van der Waals surface area contributed by atoms with E-state index in [1.54, 1.807) is 0 Å². The summed E-state index contributed by atoms with van der Waals surface area (Å²) in [4.78, 5) is 10.2. The van der Waals surface area contributed by atoms with Gasteiger partial charge >= 0.3 is 5.97 Å². The molecule has 0 bridgehead atoms. The van der Waals surface area contributed by atoms with Gasteiger partial charge in [0, 0.05) is 10.5 Å². The number of carbonyl (C=O) groups is 1. The Kier molecular flexibility index (Phi) is 3.71. The first-order valence-electron chi connectivity index (χ1n) is 3.50. The number of ether oxygens (including phenoxy) is 1. The van der Waals surface area contributed by atoms with Crippen molar-refractivity contribution in [1.82, 2.24) is 0 Å². The van der Waals surface area contributed by atoms with Gasteiger partial charge in [0.05, 0.1) is 5.02 Å². The van der Waals surface area contributed by atoms with Crippen molar-refractivity contribution in [2.45, 2.75) is 0 Å². The number of benzene rings is 1. The first-order chi connectivity index (χ1) is 6.50. The summed E-state index contributed by atoms with van der Waals surface area (Å²) in [7, 11) is 0. The van der Waals surface area contributed by atoms with Crippen LogP contribution in [0.3, 0.4) is 0 Å². The molecule has 3 nitrogen and oxygen atoms in total. The minimum absolute atomic E-state index is 0.0623. The second kappa shape index (κ2) is 4.61. The van der Waals surface area contributed by atoms with E-state index in [1.807, 2.05) is 0 Å². The van der Waals surface area contributed by atoms with Crippen LogP contribution < -0.4 is 4.74 Å². The molecule has 0 fully saturated rings. The number of hydrogen-bond donors (Lipinski definition) is 1. The predicted octanol–water partition coefficient (Wildman–Crippen LogP) is 2.71. The van der Waals surface area contributed by atoms with E-state index in [4.69, 9.17) is 21.4 Å². The number of hydrogen-bond acceptors (Lipinski definition) is 2. The summed E-state index contributed by atoms with van der Waals surface area (Å²) in [5.74, 6) is -1.68. The van der Waals surface area contributed by atoms with Crippen LogP contribution in [0.4, 0.5) is 4.39 Å². The summed E-state index contributed by atoms with van der Waals surface area (Å²) in [5, 5.41) is 8.25. The molecule has 1 aromatic rings. The molecule has 0 atom stereocenters. The highest BCUT2D eigenvalue weighted by molar-refractivity contribution is 9.10. The average Bonchev–Trinajstić information content (AvgIpc) is 2.10. The molecule has 0 heterocycles. The zero-order valence-corrected chi connectivity index (χ0v) is 9.10. The second-order valence-electron chi connectivity index (χ2n) is 2.38. The maximum Gasteiger partial charge on any atom is 0.341 e. The first-order valence-corrected chi connectivity index (χ1v) is 4.67. The molecule has 0 unspecified atom stereocenters. The molecule has 0 aliphatic rings. The number of carboxylic acids is 1. The minimum Gasteiger partial charge on any atom is -0.482 e. The fourth-order valence-corrected chi connectivity index (χ4v) is 1.28. The van der Waals surface area contributed by atoms with E-state index in [-0.39, 0.29) is 10.8 Å². The van der Waals surface area contributed by atoms with Crippen molar-refractivity contribution in [2.24, 2.45) is 0 Å². The Balaban J connectivity index is 2.84. The number of carboxylic acid groups (broad SMARTS) is 1. The van der Waals surface area contributed by atoms with E-state index in [0.29, 0.717) is 4.47 Å². The monoisotopic (exact) mass is 282 g/mol. The summed E-state index contributed by atoms with van der Waals surface area (Å²) in [5.41, 5.74) is 0. The van der Waals surface area contributed by atoms with Gasteiger partial charge in [0.25, 0.3) is 0 Å². The van der Waals surface area contributed by atoms with Gasteiger partial charge in [0.15, 0.2) is 6.61 Å². The van der Waals surface area contributed by atoms with Crippen LogP contribution in [0.25, 0.3) is 0 Å². The minimum atomic E-state index is -1.13. The lowest BCUT2D eigenvalue weighted by molar-refractivity contribution is -0.139. The van der Waals surface area contributed by atoms with Crippen molar-refractivity contribution < 1.29 is 19.0 Å². The smallest absolute Gasteiger partial charge is 0.341 e. The van der Waals surface area contributed by atoms with Gasteiger partial charge < -0.3 is 9.84 Å². The van der Waals surface area contributed by atoms with Gasteiger partial charge in [0.2, 0.25) is 0 Å². The number of rotatable bonds is 3. The Bertz CT molecular complexity index is 347. The highest BCUT2D eigenvalue weighted by atomic mass is 79.9. The maximum absolute atomic E-state index is 13.0. The Labute approximate surface area is 92.6 Å². The van der Waals surface area contributed by atoms with Crippen molar-refractivity contribution in [3.05, 3.63) is 27.4 Å². The summed E-state index contributed by atoms with van der Waals surface area (Å²) in [6.45, 7) is -0.520. The zero-order chi connectivity index (χ0) is 10.7. The van der Waals surface area contributed by atoms with Crippen LogP contribution in [-0.4, -0.2) is 17.7 Å². The highest BCUT2D eigenvalue weighted by Gasteiger charge is 2.08. The Hall–Kier alpha value is -0.810. The summed E-state index contributed by atoms with van der Waals surface area (Å²) < 4.78 is 18.1. The molecule has 76 valence electrons. The molecule has 0 spiro atoms. The molecule has 0 aromatic heterocycles. The third kappa shape index (κ3) is 2.85. The van der Waals surface area contributed by atoms with Crippen LogP contribution in [0, 0.1) is 5.82 Å². The number of halogens is 3. The van der Waals surface area contributed by atoms with Crippen LogP contribution in [0.15, 0.2) is 16.6 Å². The van der Waals surface area contributed by atoms with Gasteiger partial charge in [-0.25, -0.2) is 9.18 Å². The van der Waals surface area contributed by atoms with Crippen LogP contribution in [0.2, 0.25) is 5.02 Å². The molecule has 0 aliphatic carbocycles. The molecule has 1 aromatic carbocycles. The Morgan fingerprint density at radius 3 is 2.79 bits per heavy atom. The summed E-state index contributed by atoms with van der Waals surface area (Å²) in [6.07, 6.45) is 0. The third-order valence-electron chi connectivity index (χ3n) is 1.32. The van der Waals surface area contributed by atoms with Gasteiger partial charge in [-0.1, -0.05) is 11.6 Å². The van der Waals surface area contributed by atoms with Gasteiger partial charge in [-0.15, -0.1) is 0 Å². The van der Waals surface area contributed by atoms with E-state index in [2.05, 4.69) is 15.9 Å². The van der Waals surface area contributed by atoms with Crippen molar-refractivity contribution in [2.75, 3.05) is 6.61 Å². The largest absolute Gasteiger partial charge is 0.482 e. The van der Waals surface area contributed by atoms with Crippen LogP contribution in [-0.2, 0) is 4.79 Å². The molecule has 1 rings (SSSR count). The normalized spacial score (nSPS) is 9.93. The third-order valence-corrected chi connectivity index (χ3v) is 2.56. The van der Waals surface area contributed by atoms with E-state index >= 15 is 0 Å². The van der Waals surface area contributed by atoms with Crippen LogP contribution in [0.1, 0.15) is 0 Å². The lowest BCUT2D eigenvalue weighted by Crippen LogP contribution is -2.09. The Morgan fingerprint density at radius 2 is 2.29 bits per heavy atom. The van der Waals surface area contributed by atoms with E-state index < -0.39 is 18.4 Å². The van der Waals surface area contributed by atoms with Crippen molar-refractivity contribution >= 4 is 33.5 Å². The predicted molar refractivity (Wildman–Crippen MR) is 52.2 cm³/mol. The quantitative estimate of drug-likeness (QED) is 0.868. The molecule has 0 saturated heterocycles. The fraction of sp³-hybridized carbons (Fsp3) is 0.125. The van der Waals surface area contributed by atoms with E-state index in [0.717, 1.165) is 6.07 Å². The van der Waals surface area contributed by atoms with Crippen molar-refractivity contribution in [3.63, 3.8) is 0 Å². The molecule has 0 amide bonds. The molecular weight excluding hydrogens is 278 g/mol. The first kappa shape index (κ1) is 11.3. The zero-order valence-electron chi connectivity index (χ0n) is 6.76. The van der Waals surface area contributed by atoms with Crippen molar-refractivity contribution in [1.29, 1.82) is 0 Å². The van der Waals surface area contributed by atoms with E-state index in [9.17, 15) is 9.18 Å². The maximum atomic E-state index is 13.0. The molecule has 0 aliphatic heterocycles. The van der Waals surface area contributed by atoms with Crippen LogP contribution >= 0.6 is 27.5 Å². The second-order valence-corrected chi connectivity index (χ2v) is 3.62. The lowest BCUT2D eigenvalue weighted by Gasteiger charge is -2.05. The molecule has 0 radical (unpaired) electrons. The summed E-state index contributed by atoms with van der Waals surface area (Å²) >= 11 is 8.52. The van der Waals surface area contributed by atoms with Gasteiger partial charge in [-0.05, 0) is 22.0 Å². The Morgan fingerprint density at radius 1 is 1.64 bits per heavy atom. The molecule has 6 heteroatoms.